The Morgan fingerprint density at radius 3 is 2.52 bits per heavy atom. The van der Waals surface area contributed by atoms with Crippen LogP contribution in [0.2, 0.25) is 0 Å². The van der Waals surface area contributed by atoms with Crippen molar-refractivity contribution < 1.29 is 9.53 Å². The van der Waals surface area contributed by atoms with Crippen molar-refractivity contribution in [3.05, 3.63) is 77.5 Å². The first-order valence-corrected chi connectivity index (χ1v) is 8.18. The second-order valence-corrected chi connectivity index (χ2v) is 5.93. The van der Waals surface area contributed by atoms with Crippen LogP contribution >= 0.6 is 0 Å². The maximum absolute atomic E-state index is 12.0. The van der Waals surface area contributed by atoms with Gasteiger partial charge in [0.05, 0.1) is 6.54 Å². The summed E-state index contributed by atoms with van der Waals surface area (Å²) in [5.74, 6) is 0.999. The van der Waals surface area contributed by atoms with Crippen LogP contribution in [0.15, 0.2) is 60.8 Å². The quantitative estimate of drug-likeness (QED) is 0.749. The topological polar surface area (TPSA) is 56.2 Å². The zero-order chi connectivity index (χ0) is 17.6. The number of aryl methyl sites for hydroxylation is 2. The Morgan fingerprint density at radius 2 is 1.76 bits per heavy atom. The number of aromatic nitrogens is 2. The standard InChI is InChI=1S/C20H21N3O2/c1-15-7-3-5-9-17(15)13-23-12-11-19(22-23)21-20(24)14-25-18-10-6-4-8-16(18)2/h3-12H,13-14H2,1-2H3,(H,21,22,24). The van der Waals surface area contributed by atoms with Gasteiger partial charge in [0.1, 0.15) is 5.75 Å². The molecule has 3 aromatic rings. The van der Waals surface area contributed by atoms with Gasteiger partial charge in [-0.25, -0.2) is 0 Å². The summed E-state index contributed by atoms with van der Waals surface area (Å²) in [7, 11) is 0. The van der Waals surface area contributed by atoms with Crippen molar-refractivity contribution in [1.82, 2.24) is 9.78 Å². The normalized spacial score (nSPS) is 10.5. The van der Waals surface area contributed by atoms with E-state index in [1.165, 1.54) is 11.1 Å². The predicted octanol–water partition coefficient (Wildman–Crippen LogP) is 3.57. The second kappa shape index (κ2) is 7.66. The summed E-state index contributed by atoms with van der Waals surface area (Å²) in [6.45, 7) is 4.64. The molecule has 0 bridgehead atoms. The number of para-hydroxylation sites is 1. The molecule has 3 rings (SSSR count). The fourth-order valence-corrected chi connectivity index (χ4v) is 2.52. The van der Waals surface area contributed by atoms with Gasteiger partial charge >= 0.3 is 0 Å². The highest BCUT2D eigenvalue weighted by Crippen LogP contribution is 2.16. The minimum absolute atomic E-state index is 0.0461. The van der Waals surface area contributed by atoms with Gasteiger partial charge in [-0.05, 0) is 36.6 Å². The molecule has 1 heterocycles. The molecule has 0 fully saturated rings. The monoisotopic (exact) mass is 335 g/mol. The number of carbonyl (C=O) groups is 1. The molecule has 5 heteroatoms. The fraction of sp³-hybridized carbons (Fsp3) is 0.200. The number of nitrogens with one attached hydrogen (secondary N) is 1. The number of amides is 1. The first kappa shape index (κ1) is 16.8. The van der Waals surface area contributed by atoms with Gasteiger partial charge in [-0.3, -0.25) is 9.48 Å². The first-order chi connectivity index (χ1) is 12.1. The summed E-state index contributed by atoms with van der Waals surface area (Å²) in [6.07, 6.45) is 1.85. The lowest BCUT2D eigenvalue weighted by Gasteiger charge is -2.08. The number of rotatable bonds is 6. The lowest BCUT2D eigenvalue weighted by atomic mass is 10.1. The number of nitrogens with zero attached hydrogens (tertiary/aromatic N) is 2. The van der Waals surface area contributed by atoms with Crippen molar-refractivity contribution in [2.75, 3.05) is 11.9 Å². The Kier molecular flexibility index (Phi) is 5.14. The summed E-state index contributed by atoms with van der Waals surface area (Å²) in [5, 5.41) is 7.14. The Bertz CT molecular complexity index is 871. The Morgan fingerprint density at radius 1 is 1.04 bits per heavy atom. The van der Waals surface area contributed by atoms with Crippen molar-refractivity contribution >= 4 is 11.7 Å². The third-order valence-electron chi connectivity index (χ3n) is 3.95. The number of anilines is 1. The lowest BCUT2D eigenvalue weighted by molar-refractivity contribution is -0.118. The molecule has 25 heavy (non-hydrogen) atoms. The highest BCUT2D eigenvalue weighted by atomic mass is 16.5. The molecular formula is C20H21N3O2. The zero-order valence-electron chi connectivity index (χ0n) is 14.4. The molecule has 0 unspecified atom stereocenters. The van der Waals surface area contributed by atoms with Crippen molar-refractivity contribution in [3.8, 4) is 5.75 Å². The molecule has 0 atom stereocenters. The van der Waals surface area contributed by atoms with E-state index in [0.29, 0.717) is 18.1 Å². The molecule has 0 radical (unpaired) electrons. The Labute approximate surface area is 147 Å². The molecule has 128 valence electrons. The summed E-state index contributed by atoms with van der Waals surface area (Å²) < 4.78 is 7.35. The largest absolute Gasteiger partial charge is 0.483 e. The van der Waals surface area contributed by atoms with E-state index in [9.17, 15) is 4.79 Å². The fourth-order valence-electron chi connectivity index (χ4n) is 2.52. The number of carbonyl (C=O) groups excluding carboxylic acids is 1. The molecule has 1 amide bonds. The highest BCUT2D eigenvalue weighted by molar-refractivity contribution is 5.90. The van der Waals surface area contributed by atoms with E-state index >= 15 is 0 Å². The first-order valence-electron chi connectivity index (χ1n) is 8.18. The van der Waals surface area contributed by atoms with E-state index in [0.717, 1.165) is 5.56 Å². The van der Waals surface area contributed by atoms with Crippen LogP contribution in [0.25, 0.3) is 0 Å². The summed E-state index contributed by atoms with van der Waals surface area (Å²) in [4.78, 5) is 12.0. The van der Waals surface area contributed by atoms with Crippen LogP contribution in [0.3, 0.4) is 0 Å². The van der Waals surface area contributed by atoms with E-state index in [2.05, 4.69) is 29.5 Å². The van der Waals surface area contributed by atoms with Gasteiger partial charge in [0.15, 0.2) is 12.4 Å². The van der Waals surface area contributed by atoms with Gasteiger partial charge in [-0.1, -0.05) is 42.5 Å². The third kappa shape index (κ3) is 4.47. The average Bonchev–Trinajstić information content (AvgIpc) is 3.03. The van der Waals surface area contributed by atoms with Gasteiger partial charge < -0.3 is 10.1 Å². The molecule has 0 aliphatic carbocycles. The van der Waals surface area contributed by atoms with Crippen LogP contribution in [0, 0.1) is 13.8 Å². The smallest absolute Gasteiger partial charge is 0.263 e. The van der Waals surface area contributed by atoms with E-state index in [4.69, 9.17) is 4.74 Å². The Balaban J connectivity index is 1.55. The number of ether oxygens (including phenoxy) is 1. The van der Waals surface area contributed by atoms with Crippen LogP contribution in [-0.4, -0.2) is 22.3 Å². The van der Waals surface area contributed by atoms with Crippen molar-refractivity contribution in [3.63, 3.8) is 0 Å². The summed E-state index contributed by atoms with van der Waals surface area (Å²) in [6, 6.07) is 17.6. The van der Waals surface area contributed by atoms with Gasteiger partial charge in [0.25, 0.3) is 5.91 Å². The molecule has 5 nitrogen and oxygen atoms in total. The Hall–Kier alpha value is -3.08. The van der Waals surface area contributed by atoms with E-state index in [1.807, 2.05) is 49.5 Å². The molecule has 0 saturated heterocycles. The number of hydrogen-bond donors (Lipinski definition) is 1. The van der Waals surface area contributed by atoms with Crippen molar-refractivity contribution in [1.29, 1.82) is 0 Å². The maximum atomic E-state index is 12.0. The minimum atomic E-state index is -0.232. The molecule has 1 aromatic heterocycles. The predicted molar refractivity (Wildman–Crippen MR) is 97.8 cm³/mol. The van der Waals surface area contributed by atoms with Crippen LogP contribution in [0.5, 0.6) is 5.75 Å². The minimum Gasteiger partial charge on any atom is -0.483 e. The van der Waals surface area contributed by atoms with Gasteiger partial charge in [0.2, 0.25) is 0 Å². The lowest BCUT2D eigenvalue weighted by Crippen LogP contribution is -2.20. The van der Waals surface area contributed by atoms with E-state index in [-0.39, 0.29) is 12.5 Å². The van der Waals surface area contributed by atoms with E-state index in [1.54, 1.807) is 10.7 Å². The average molecular weight is 335 g/mol. The molecule has 0 aliphatic heterocycles. The van der Waals surface area contributed by atoms with Gasteiger partial charge in [0, 0.05) is 12.3 Å². The van der Waals surface area contributed by atoms with Gasteiger partial charge in [-0.15, -0.1) is 0 Å². The zero-order valence-corrected chi connectivity index (χ0v) is 14.4. The summed E-state index contributed by atoms with van der Waals surface area (Å²) in [5.41, 5.74) is 3.42. The number of benzene rings is 2. The molecule has 0 spiro atoms. The van der Waals surface area contributed by atoms with Gasteiger partial charge in [-0.2, -0.15) is 5.10 Å². The molecule has 2 aromatic carbocycles. The second-order valence-electron chi connectivity index (χ2n) is 5.93. The van der Waals surface area contributed by atoms with Crippen LogP contribution in [0.4, 0.5) is 5.82 Å². The maximum Gasteiger partial charge on any atom is 0.263 e. The van der Waals surface area contributed by atoms with Crippen LogP contribution in [0.1, 0.15) is 16.7 Å². The number of hydrogen-bond acceptors (Lipinski definition) is 3. The van der Waals surface area contributed by atoms with E-state index < -0.39 is 0 Å². The van der Waals surface area contributed by atoms with Crippen LogP contribution in [-0.2, 0) is 11.3 Å². The SMILES string of the molecule is Cc1ccccc1Cn1ccc(NC(=O)COc2ccccc2C)n1. The summed E-state index contributed by atoms with van der Waals surface area (Å²) >= 11 is 0. The van der Waals surface area contributed by atoms with Crippen molar-refractivity contribution in [2.24, 2.45) is 0 Å². The highest BCUT2D eigenvalue weighted by Gasteiger charge is 2.08. The van der Waals surface area contributed by atoms with Crippen molar-refractivity contribution in [2.45, 2.75) is 20.4 Å². The molecule has 1 N–H and O–H groups in total. The van der Waals surface area contributed by atoms with Crippen LogP contribution < -0.4 is 10.1 Å². The molecule has 0 aliphatic rings. The third-order valence-corrected chi connectivity index (χ3v) is 3.95. The molecular weight excluding hydrogens is 314 g/mol. The molecule has 0 saturated carbocycles.